The average Bonchev–Trinajstić information content (AvgIpc) is 1.59. The van der Waals surface area contributed by atoms with E-state index >= 15 is 0 Å². The van der Waals surface area contributed by atoms with Crippen molar-refractivity contribution in [2.75, 3.05) is 7.05 Å². The molecule has 0 aliphatic carbocycles. The van der Waals surface area contributed by atoms with Gasteiger partial charge in [-0.25, -0.2) is 0 Å². The second-order valence-electron chi connectivity index (χ2n) is 2.56. The molecule has 0 rings (SSSR count). The van der Waals surface area contributed by atoms with E-state index in [1.807, 2.05) is 20.8 Å². The van der Waals surface area contributed by atoms with Gasteiger partial charge in [0.05, 0.1) is 0 Å². The highest BCUT2D eigenvalue weighted by Gasteiger charge is 2.12. The van der Waals surface area contributed by atoms with Crippen LogP contribution in [0.2, 0.25) is 0 Å². The third kappa shape index (κ3) is 5.31. The molecule has 3 nitrogen and oxygen atoms in total. The van der Waals surface area contributed by atoms with Crippen molar-refractivity contribution in [1.82, 2.24) is 4.91 Å². The first kappa shape index (κ1) is 7.31. The summed E-state index contributed by atoms with van der Waals surface area (Å²) in [7, 11) is 1.61. The molecule has 0 aliphatic heterocycles. The minimum absolute atomic E-state index is 0.0838. The summed E-state index contributed by atoms with van der Waals surface area (Å²) in [6.07, 6.45) is 0. The van der Waals surface area contributed by atoms with Crippen LogP contribution in [0.4, 0.5) is 0 Å². The molecule has 0 spiro atoms. The molecule has 0 unspecified atom stereocenters. The first-order valence-electron chi connectivity index (χ1n) is 2.57. The molecule has 0 aliphatic rings. The van der Waals surface area contributed by atoms with Crippen LogP contribution < -0.4 is 4.91 Å². The van der Waals surface area contributed by atoms with Crippen molar-refractivity contribution < 1.29 is 0 Å². The highest BCUT2D eigenvalue weighted by Crippen LogP contribution is 2.02. The maximum atomic E-state index is 3.83. The summed E-state index contributed by atoms with van der Waals surface area (Å²) >= 11 is 0. The van der Waals surface area contributed by atoms with E-state index in [0.29, 0.717) is 0 Å². The monoisotopic (exact) mass is 114 g/mol. The second kappa shape index (κ2) is 2.58. The van der Waals surface area contributed by atoms with Crippen molar-refractivity contribution in [3.63, 3.8) is 0 Å². The van der Waals surface area contributed by atoms with Crippen LogP contribution in [-0.4, -0.2) is 12.6 Å². The Morgan fingerprint density at radius 2 is 1.75 bits per heavy atom. The predicted octanol–water partition coefficient (Wildman–Crippen LogP) is 1.39. The fourth-order valence-corrected chi connectivity index (χ4v) is 0.179. The zero-order valence-electron chi connectivity index (χ0n) is 5.84. The largest absolute Gasteiger partial charge is 0.217 e. The van der Waals surface area contributed by atoms with Crippen LogP contribution in [0, 0.1) is 0 Å². The fraction of sp³-hybridized carbons (Fsp3) is 1.00. The molecule has 0 heterocycles. The molecule has 0 saturated heterocycles. The van der Waals surface area contributed by atoms with Gasteiger partial charge < -0.3 is 0 Å². The summed E-state index contributed by atoms with van der Waals surface area (Å²) in [4.78, 5) is 3.49. The van der Waals surface area contributed by atoms with E-state index in [9.17, 15) is 0 Å². The molecule has 0 radical (unpaired) electrons. The van der Waals surface area contributed by atoms with Crippen molar-refractivity contribution in [2.45, 2.75) is 26.3 Å². The third-order valence-electron chi connectivity index (χ3n) is 0.434. The molecule has 0 bridgehead atoms. The predicted molar refractivity (Wildman–Crippen MR) is 32.7 cm³/mol. The Hall–Kier alpha value is -0.690. The van der Waals surface area contributed by atoms with E-state index in [2.05, 4.69) is 15.1 Å². The van der Waals surface area contributed by atoms with Crippen molar-refractivity contribution in [3.8, 4) is 0 Å². The van der Waals surface area contributed by atoms with Gasteiger partial charge in [0.1, 0.15) is 22.8 Å². The Morgan fingerprint density at radius 3 is 1.88 bits per heavy atom. The molecule has 0 aromatic heterocycles. The quantitative estimate of drug-likeness (QED) is 0.337. The number of nitrogens with zero attached hydrogens (tertiary/aromatic N) is 3. The maximum absolute atomic E-state index is 3.83. The third-order valence-corrected chi connectivity index (χ3v) is 0.434. The Balaban J connectivity index is 3.89. The zero-order valence-corrected chi connectivity index (χ0v) is 5.84. The van der Waals surface area contributed by atoms with Crippen LogP contribution in [-0.2, 0) is 0 Å². The van der Waals surface area contributed by atoms with Gasteiger partial charge in [-0.15, -0.1) is 0 Å². The molecule has 3 heteroatoms. The summed E-state index contributed by atoms with van der Waals surface area (Å²) in [6, 6.07) is 0. The normalized spacial score (nSPS) is 10.0. The first-order chi connectivity index (χ1) is 3.56. The van der Waals surface area contributed by atoms with Crippen LogP contribution >= 0.6 is 0 Å². The van der Waals surface area contributed by atoms with Crippen molar-refractivity contribution in [1.29, 1.82) is 0 Å². The lowest BCUT2D eigenvalue weighted by Gasteiger charge is -1.96. The van der Waals surface area contributed by atoms with Crippen LogP contribution in [0.5, 0.6) is 0 Å². The summed E-state index contributed by atoms with van der Waals surface area (Å²) in [6.45, 7) is 5.92. The SMILES string of the molecule is CN=[N+]=NC(C)(C)C. The maximum Gasteiger partial charge on any atom is 0.217 e. The van der Waals surface area contributed by atoms with Gasteiger partial charge in [0, 0.05) is 0 Å². The fourth-order valence-electron chi connectivity index (χ4n) is 0.179. The molecule has 46 valence electrons. The van der Waals surface area contributed by atoms with Crippen LogP contribution in [0.15, 0.2) is 10.2 Å². The zero-order chi connectivity index (χ0) is 6.62. The van der Waals surface area contributed by atoms with Gasteiger partial charge in [0.2, 0.25) is 4.91 Å². The standard InChI is InChI=1S/C5H12N3/c1-5(2,3)7-8-6-4/h1-4H3/q+1. The summed E-state index contributed by atoms with van der Waals surface area (Å²) in [5, 5.41) is 7.31. The molecule has 0 saturated carbocycles. The van der Waals surface area contributed by atoms with E-state index in [1.165, 1.54) is 0 Å². The van der Waals surface area contributed by atoms with Gasteiger partial charge in [0.25, 0.3) is 0 Å². The molecule has 0 amide bonds. The number of hydrogen-bond donors (Lipinski definition) is 0. The van der Waals surface area contributed by atoms with Gasteiger partial charge in [0.15, 0.2) is 0 Å². The van der Waals surface area contributed by atoms with E-state index in [1.54, 1.807) is 7.05 Å². The lowest BCUT2D eigenvalue weighted by Crippen LogP contribution is -2.08. The summed E-state index contributed by atoms with van der Waals surface area (Å²) in [5.41, 5.74) is -0.0838. The highest BCUT2D eigenvalue weighted by molar-refractivity contribution is 4.64. The molecule has 0 aromatic carbocycles. The molecule has 0 N–H and O–H groups in total. The van der Waals surface area contributed by atoms with Crippen LogP contribution in [0.1, 0.15) is 20.8 Å². The molecule has 8 heavy (non-hydrogen) atoms. The second-order valence-corrected chi connectivity index (χ2v) is 2.56. The Morgan fingerprint density at radius 1 is 1.25 bits per heavy atom. The minimum atomic E-state index is -0.0838. The highest BCUT2D eigenvalue weighted by atomic mass is 15.2. The van der Waals surface area contributed by atoms with E-state index in [4.69, 9.17) is 0 Å². The Kier molecular flexibility index (Phi) is 2.35. The van der Waals surface area contributed by atoms with Gasteiger partial charge in [-0.3, -0.25) is 0 Å². The smallest absolute Gasteiger partial charge is 0.0331 e. The molecular weight excluding hydrogens is 102 g/mol. The first-order valence-corrected chi connectivity index (χ1v) is 2.57. The lowest BCUT2D eigenvalue weighted by molar-refractivity contribution is 0.537. The molecule has 0 fully saturated rings. The van der Waals surface area contributed by atoms with Crippen molar-refractivity contribution >= 4 is 0 Å². The van der Waals surface area contributed by atoms with E-state index in [0.717, 1.165) is 0 Å². The van der Waals surface area contributed by atoms with E-state index < -0.39 is 0 Å². The van der Waals surface area contributed by atoms with E-state index in [-0.39, 0.29) is 5.54 Å². The van der Waals surface area contributed by atoms with Gasteiger partial charge in [-0.1, -0.05) is 0 Å². The Bertz CT molecular complexity index is 114. The topological polar surface area (TPSA) is 38.8 Å². The molecule has 0 aromatic rings. The lowest BCUT2D eigenvalue weighted by atomic mass is 10.1. The van der Waals surface area contributed by atoms with Gasteiger partial charge in [-0.05, 0) is 20.8 Å². The molecule has 0 atom stereocenters. The van der Waals surface area contributed by atoms with Crippen LogP contribution in [0.3, 0.4) is 0 Å². The van der Waals surface area contributed by atoms with Gasteiger partial charge >= 0.3 is 0 Å². The summed E-state index contributed by atoms with van der Waals surface area (Å²) in [5.74, 6) is 0. The Labute approximate surface area is 49.5 Å². The summed E-state index contributed by atoms with van der Waals surface area (Å²) < 4.78 is 0. The van der Waals surface area contributed by atoms with Gasteiger partial charge in [-0.2, -0.15) is 0 Å². The molecular formula is C5H12N3+. The minimum Gasteiger partial charge on any atom is -0.0331 e. The number of hydrogen-bond acceptors (Lipinski definition) is 2. The van der Waals surface area contributed by atoms with Crippen molar-refractivity contribution in [3.05, 3.63) is 0 Å². The average molecular weight is 114 g/mol. The number of rotatable bonds is 0. The van der Waals surface area contributed by atoms with Crippen molar-refractivity contribution in [2.24, 2.45) is 10.2 Å². The van der Waals surface area contributed by atoms with Crippen LogP contribution in [0.25, 0.3) is 0 Å².